The van der Waals surface area contributed by atoms with E-state index >= 15 is 0 Å². The Kier molecular flexibility index (Phi) is 16.5. The van der Waals surface area contributed by atoms with Crippen LogP contribution in [0, 0.1) is 30.1 Å². The number of carbonyl (C=O) groups excluding carboxylic acids is 2. The second-order valence-electron chi connectivity index (χ2n) is 22.9. The topological polar surface area (TPSA) is 172 Å². The molecule has 0 aliphatic heterocycles. The van der Waals surface area contributed by atoms with Crippen LogP contribution in [0.5, 0.6) is 0 Å². The van der Waals surface area contributed by atoms with Crippen molar-refractivity contribution in [1.29, 1.82) is 0 Å². The van der Waals surface area contributed by atoms with E-state index in [9.17, 15) is 19.5 Å². The van der Waals surface area contributed by atoms with E-state index in [1.54, 1.807) is 18.3 Å². The molecule has 4 aliphatic carbocycles. The van der Waals surface area contributed by atoms with E-state index in [2.05, 4.69) is 53.0 Å². The fraction of sp³-hybridized carbons (Fsp3) is 0.607. The normalized spacial score (nSPS) is 22.2. The highest BCUT2D eigenvalue weighted by atomic mass is 32.1. The second kappa shape index (κ2) is 22.4. The predicted molar refractivity (Wildman–Crippen MR) is 287 cm³/mol. The van der Waals surface area contributed by atoms with Crippen molar-refractivity contribution < 1.29 is 24.2 Å². The molecule has 4 fully saturated rings. The number of thiazole rings is 1. The Labute approximate surface area is 430 Å². The van der Waals surface area contributed by atoms with Gasteiger partial charge in [0, 0.05) is 62.9 Å². The minimum atomic E-state index is -1.12. The SMILES string of the molecule is CC(=O)CCCCCCCCCC(=O)N(C)CCCCN(c1cc(C)c(Nc2nc3ccccc3s2)nn1)c1ccc(-c2cnn(CC34CC5(C)CC(C)(C3)CC(OCCN(C)C)(C5)C4)c2C)c(C(=O)O)n1. The summed E-state index contributed by atoms with van der Waals surface area (Å²) in [7, 11) is 6.06. The van der Waals surface area contributed by atoms with Crippen LogP contribution in [0.1, 0.15) is 152 Å². The minimum absolute atomic E-state index is 0.0299. The number of Topliss-reactive ketones (excluding diaryl/α,β-unsaturated/α-hetero) is 1. The van der Waals surface area contributed by atoms with Crippen molar-refractivity contribution in [2.24, 2.45) is 16.2 Å². The summed E-state index contributed by atoms with van der Waals surface area (Å²) in [6.07, 6.45) is 18.4. The summed E-state index contributed by atoms with van der Waals surface area (Å²) in [5, 5.41) is 29.2. The number of hydrogen-bond acceptors (Lipinski definition) is 13. The monoisotopic (exact) mass is 1000 g/mol. The molecule has 5 aromatic rings. The first-order valence-electron chi connectivity index (χ1n) is 26.4. The zero-order valence-electron chi connectivity index (χ0n) is 44.2. The van der Waals surface area contributed by atoms with Crippen molar-refractivity contribution in [3.8, 4) is 11.1 Å². The van der Waals surface area contributed by atoms with Crippen molar-refractivity contribution in [3.05, 3.63) is 65.6 Å². The van der Waals surface area contributed by atoms with E-state index in [1.807, 2.05) is 79.4 Å². The lowest BCUT2D eigenvalue weighted by molar-refractivity contribution is -0.248. The average Bonchev–Trinajstić information content (AvgIpc) is 3.88. The van der Waals surface area contributed by atoms with Crippen LogP contribution in [0.3, 0.4) is 0 Å². The van der Waals surface area contributed by atoms with Gasteiger partial charge < -0.3 is 34.7 Å². The molecule has 15 nitrogen and oxygen atoms in total. The van der Waals surface area contributed by atoms with Gasteiger partial charge in [-0.3, -0.25) is 9.48 Å². The standard InChI is InChI=1S/C56H78N10O5S/c1-39-30-47(61-62-50(39)60-52-58-44-21-16-17-22-45(44)72-52)65(27-19-18-26-64(8)48(68)23-15-13-11-9-10-12-14-20-40(2)67)46-25-24-42(49(59-46)51(69)70)43-31-57-66(41(43)3)38-55-33-53(4)32-54(5,34-55)36-56(35-53,37-55)71-29-28-63(6)7/h16-17,21-22,24-25,30-31H,9-15,18-20,23,26-29,32-38H2,1-8H3,(H,69,70)(H,58,60,62). The number of unbranched alkanes of at least 4 members (excludes halogenated alkanes) is 7. The van der Waals surface area contributed by atoms with E-state index in [-0.39, 0.29) is 39.2 Å². The van der Waals surface area contributed by atoms with Crippen molar-refractivity contribution in [2.45, 2.75) is 156 Å². The highest BCUT2D eigenvalue weighted by Crippen LogP contribution is 2.72. The number of ketones is 1. The maximum atomic E-state index is 13.3. The van der Waals surface area contributed by atoms with Gasteiger partial charge in [-0.15, -0.1) is 10.2 Å². The number of aromatic carboxylic acids is 1. The summed E-state index contributed by atoms with van der Waals surface area (Å²) in [4.78, 5) is 53.1. The highest BCUT2D eigenvalue weighted by Gasteiger charge is 2.66. The fourth-order valence-corrected chi connectivity index (χ4v) is 14.2. The predicted octanol–water partition coefficient (Wildman–Crippen LogP) is 11.6. The smallest absolute Gasteiger partial charge is 0.355 e. The molecule has 0 spiro atoms. The molecule has 4 saturated carbocycles. The van der Waals surface area contributed by atoms with Crippen LogP contribution < -0.4 is 10.2 Å². The van der Waals surface area contributed by atoms with Crippen LogP contribution in [-0.4, -0.2) is 115 Å². The maximum Gasteiger partial charge on any atom is 0.355 e. The first-order valence-corrected chi connectivity index (χ1v) is 27.2. The van der Waals surface area contributed by atoms with E-state index in [0.717, 1.165) is 130 Å². The average molecular weight is 1000 g/mol. The summed E-state index contributed by atoms with van der Waals surface area (Å²) < 4.78 is 10.1. The molecule has 9 rings (SSSR count). The number of aryl methyl sites for hydroxylation is 1. The molecule has 388 valence electrons. The Bertz CT molecular complexity index is 2670. The van der Waals surface area contributed by atoms with Gasteiger partial charge in [-0.05, 0) is 151 Å². The Balaban J connectivity index is 0.980. The number of rotatable bonds is 27. The first kappa shape index (κ1) is 53.0. The third kappa shape index (κ3) is 12.7. The number of carboxylic acid groups (broad SMARTS) is 1. The zero-order valence-corrected chi connectivity index (χ0v) is 45.0. The lowest BCUT2D eigenvalue weighted by atomic mass is 9.39. The molecule has 4 bridgehead atoms. The number of fused-ring (bicyclic) bond motifs is 1. The van der Waals surface area contributed by atoms with Crippen molar-refractivity contribution in [3.63, 3.8) is 0 Å². The van der Waals surface area contributed by atoms with E-state index in [1.165, 1.54) is 6.42 Å². The van der Waals surface area contributed by atoms with E-state index < -0.39 is 5.97 Å². The molecule has 4 aliphatic rings. The van der Waals surface area contributed by atoms with Gasteiger partial charge in [-0.1, -0.05) is 69.4 Å². The van der Waals surface area contributed by atoms with Gasteiger partial charge in [-0.2, -0.15) is 5.10 Å². The number of nitrogens with zero attached hydrogens (tertiary/aromatic N) is 9. The van der Waals surface area contributed by atoms with Crippen molar-refractivity contribution in [2.75, 3.05) is 57.6 Å². The number of carboxylic acids is 1. The number of ether oxygens (including phenoxy) is 1. The number of para-hydroxylation sites is 1. The molecule has 0 radical (unpaired) electrons. The van der Waals surface area contributed by atoms with Gasteiger partial charge in [0.2, 0.25) is 5.91 Å². The molecule has 2 unspecified atom stereocenters. The number of aromatic nitrogens is 6. The van der Waals surface area contributed by atoms with E-state index in [0.29, 0.717) is 60.5 Å². The van der Waals surface area contributed by atoms with Crippen LogP contribution >= 0.6 is 11.3 Å². The first-order chi connectivity index (χ1) is 34.4. The Morgan fingerprint density at radius 3 is 2.15 bits per heavy atom. The summed E-state index contributed by atoms with van der Waals surface area (Å²) in [6, 6.07) is 13.7. The van der Waals surface area contributed by atoms with Gasteiger partial charge in [0.15, 0.2) is 22.5 Å². The fourth-order valence-electron chi connectivity index (χ4n) is 13.3. The number of benzene rings is 1. The van der Waals surface area contributed by atoms with Gasteiger partial charge in [-0.25, -0.2) is 14.8 Å². The summed E-state index contributed by atoms with van der Waals surface area (Å²) in [5.74, 6) is 0.831. The number of hydrogen-bond donors (Lipinski definition) is 2. The van der Waals surface area contributed by atoms with Gasteiger partial charge in [0.1, 0.15) is 11.6 Å². The summed E-state index contributed by atoms with van der Waals surface area (Å²) >= 11 is 1.54. The van der Waals surface area contributed by atoms with Gasteiger partial charge in [0.25, 0.3) is 0 Å². The summed E-state index contributed by atoms with van der Waals surface area (Å²) in [6.45, 7) is 14.0. The molecule has 2 atom stereocenters. The third-order valence-electron chi connectivity index (χ3n) is 15.6. The van der Waals surface area contributed by atoms with E-state index in [4.69, 9.17) is 19.8 Å². The van der Waals surface area contributed by atoms with Crippen LogP contribution in [0.25, 0.3) is 21.3 Å². The molecule has 4 aromatic heterocycles. The highest BCUT2D eigenvalue weighted by molar-refractivity contribution is 7.22. The Hall–Kier alpha value is -5.32. The Morgan fingerprint density at radius 1 is 0.778 bits per heavy atom. The van der Waals surface area contributed by atoms with Gasteiger partial charge in [0.05, 0.1) is 28.6 Å². The Morgan fingerprint density at radius 2 is 1.47 bits per heavy atom. The van der Waals surface area contributed by atoms with Crippen molar-refractivity contribution >= 4 is 61.8 Å². The molecule has 1 amide bonds. The zero-order chi connectivity index (χ0) is 51.3. The number of likely N-dealkylation sites (N-methyl/N-ethyl adjacent to an activating group) is 1. The number of anilines is 4. The summed E-state index contributed by atoms with van der Waals surface area (Å²) in [5.41, 5.74) is 4.19. The molecule has 16 heteroatoms. The number of carbonyl (C=O) groups is 3. The quantitative estimate of drug-likeness (QED) is 0.0477. The lowest BCUT2D eigenvalue weighted by Crippen LogP contribution is -2.64. The van der Waals surface area contributed by atoms with Crippen LogP contribution in [-0.2, 0) is 20.9 Å². The molecule has 1 aromatic carbocycles. The molecule has 2 N–H and O–H groups in total. The lowest BCUT2D eigenvalue weighted by Gasteiger charge is -2.69. The van der Waals surface area contributed by atoms with Crippen LogP contribution in [0.4, 0.5) is 22.6 Å². The van der Waals surface area contributed by atoms with Crippen LogP contribution in [0.15, 0.2) is 48.7 Å². The third-order valence-corrected chi connectivity index (χ3v) is 16.5. The molecule has 0 saturated heterocycles. The van der Waals surface area contributed by atoms with Gasteiger partial charge >= 0.3 is 5.97 Å². The van der Waals surface area contributed by atoms with Crippen molar-refractivity contribution in [1.82, 2.24) is 39.7 Å². The largest absolute Gasteiger partial charge is 0.476 e. The van der Waals surface area contributed by atoms with Crippen LogP contribution in [0.2, 0.25) is 0 Å². The minimum Gasteiger partial charge on any atom is -0.476 e. The maximum absolute atomic E-state index is 13.3. The second-order valence-corrected chi connectivity index (χ2v) is 23.9. The molecule has 72 heavy (non-hydrogen) atoms. The number of pyridine rings is 1. The molecule has 4 heterocycles. The number of amides is 1. The number of nitrogens with one attached hydrogen (secondary N) is 1. The molecular formula is C56H78N10O5S. The molecular weight excluding hydrogens is 925 g/mol.